The molecule has 0 aliphatic rings. The maximum atomic E-state index is 11.2. The average molecular weight is 210 g/mol. The van der Waals surface area contributed by atoms with Crippen molar-refractivity contribution in [1.29, 1.82) is 0 Å². The summed E-state index contributed by atoms with van der Waals surface area (Å²) in [7, 11) is 0. The molecule has 0 amide bonds. The maximum absolute atomic E-state index is 11.2. The summed E-state index contributed by atoms with van der Waals surface area (Å²) >= 11 is 0. The number of aliphatic hydroxyl groups is 1. The highest BCUT2D eigenvalue weighted by Crippen LogP contribution is 2.13. The highest BCUT2D eigenvalue weighted by atomic mass is 16.5. The van der Waals surface area contributed by atoms with E-state index in [2.05, 4.69) is 4.98 Å². The standard InChI is InChI=1S/C10H14N2O3/c1-2-15-10(14)8(11)9(13)7-5-3-4-6-12-7/h3-6,8-9,13H,2,11H2,1H3/t8-,9+/m1/s1. The molecule has 82 valence electrons. The summed E-state index contributed by atoms with van der Waals surface area (Å²) < 4.78 is 4.69. The zero-order valence-electron chi connectivity index (χ0n) is 8.46. The SMILES string of the molecule is CCOC(=O)[C@H](N)[C@@H](O)c1ccccn1. The van der Waals surface area contributed by atoms with Crippen LogP contribution in [0.3, 0.4) is 0 Å². The average Bonchev–Trinajstić information content (AvgIpc) is 2.28. The summed E-state index contributed by atoms with van der Waals surface area (Å²) in [6, 6.07) is 3.93. The van der Waals surface area contributed by atoms with Gasteiger partial charge in [-0.1, -0.05) is 6.07 Å². The highest BCUT2D eigenvalue weighted by Gasteiger charge is 2.25. The number of pyridine rings is 1. The fourth-order valence-electron chi connectivity index (χ4n) is 1.10. The molecule has 0 radical (unpaired) electrons. The fraction of sp³-hybridized carbons (Fsp3) is 0.400. The third-order valence-corrected chi connectivity index (χ3v) is 1.89. The van der Waals surface area contributed by atoms with Gasteiger partial charge in [-0.15, -0.1) is 0 Å². The smallest absolute Gasteiger partial charge is 0.326 e. The van der Waals surface area contributed by atoms with Gasteiger partial charge in [-0.2, -0.15) is 0 Å². The molecule has 0 aromatic carbocycles. The van der Waals surface area contributed by atoms with Crippen molar-refractivity contribution < 1.29 is 14.6 Å². The number of carbonyl (C=O) groups excluding carboxylic acids is 1. The monoisotopic (exact) mass is 210 g/mol. The van der Waals surface area contributed by atoms with Crippen LogP contribution in [0.15, 0.2) is 24.4 Å². The number of hydrogen-bond acceptors (Lipinski definition) is 5. The summed E-state index contributed by atoms with van der Waals surface area (Å²) in [6.45, 7) is 1.92. The van der Waals surface area contributed by atoms with Crippen molar-refractivity contribution >= 4 is 5.97 Å². The van der Waals surface area contributed by atoms with Gasteiger partial charge in [0, 0.05) is 6.20 Å². The summed E-state index contributed by atoms with van der Waals surface area (Å²) in [6.07, 6.45) is 0.390. The minimum Gasteiger partial charge on any atom is -0.465 e. The highest BCUT2D eigenvalue weighted by molar-refractivity contribution is 5.76. The second-order valence-corrected chi connectivity index (χ2v) is 2.98. The van der Waals surface area contributed by atoms with E-state index in [-0.39, 0.29) is 6.61 Å². The molecule has 1 heterocycles. The lowest BCUT2D eigenvalue weighted by atomic mass is 10.1. The number of rotatable bonds is 4. The van der Waals surface area contributed by atoms with Gasteiger partial charge in [-0.05, 0) is 19.1 Å². The molecule has 1 rings (SSSR count). The largest absolute Gasteiger partial charge is 0.465 e. The zero-order valence-corrected chi connectivity index (χ0v) is 8.46. The van der Waals surface area contributed by atoms with Gasteiger partial charge in [0.1, 0.15) is 12.1 Å². The van der Waals surface area contributed by atoms with Gasteiger partial charge in [0.15, 0.2) is 0 Å². The van der Waals surface area contributed by atoms with Crippen LogP contribution in [0.5, 0.6) is 0 Å². The molecule has 0 aliphatic heterocycles. The van der Waals surface area contributed by atoms with Crippen molar-refractivity contribution in [3.63, 3.8) is 0 Å². The second kappa shape index (κ2) is 5.43. The predicted molar refractivity (Wildman–Crippen MR) is 53.8 cm³/mol. The molecule has 5 nitrogen and oxygen atoms in total. The molecule has 0 spiro atoms. The number of nitrogens with zero attached hydrogens (tertiary/aromatic N) is 1. The molecule has 2 atom stereocenters. The number of aliphatic hydroxyl groups excluding tert-OH is 1. The quantitative estimate of drug-likeness (QED) is 0.683. The van der Waals surface area contributed by atoms with Crippen LogP contribution in [0, 0.1) is 0 Å². The van der Waals surface area contributed by atoms with Crippen LogP contribution in [-0.2, 0) is 9.53 Å². The number of nitrogens with two attached hydrogens (primary N) is 1. The second-order valence-electron chi connectivity index (χ2n) is 2.98. The van der Waals surface area contributed by atoms with Crippen molar-refractivity contribution in [2.75, 3.05) is 6.61 Å². The normalized spacial score (nSPS) is 14.3. The van der Waals surface area contributed by atoms with E-state index in [0.717, 1.165) is 0 Å². The van der Waals surface area contributed by atoms with Gasteiger partial charge in [-0.25, -0.2) is 0 Å². The molecule has 15 heavy (non-hydrogen) atoms. The first kappa shape index (κ1) is 11.6. The summed E-state index contributed by atoms with van der Waals surface area (Å²) in [5.74, 6) is -0.629. The number of aromatic nitrogens is 1. The van der Waals surface area contributed by atoms with E-state index in [1.165, 1.54) is 6.20 Å². The molecular formula is C10H14N2O3. The minimum absolute atomic E-state index is 0.238. The summed E-state index contributed by atoms with van der Waals surface area (Å²) in [4.78, 5) is 15.1. The molecule has 0 bridgehead atoms. The Hall–Kier alpha value is -1.46. The van der Waals surface area contributed by atoms with E-state index in [1.54, 1.807) is 25.1 Å². The number of esters is 1. The lowest BCUT2D eigenvalue weighted by Crippen LogP contribution is -2.38. The Morgan fingerprint density at radius 1 is 1.67 bits per heavy atom. The van der Waals surface area contributed by atoms with Gasteiger partial charge in [-0.3, -0.25) is 9.78 Å². The Labute approximate surface area is 87.9 Å². The first-order valence-electron chi connectivity index (χ1n) is 4.68. The Morgan fingerprint density at radius 2 is 2.40 bits per heavy atom. The molecule has 0 unspecified atom stereocenters. The molecule has 0 fully saturated rings. The molecule has 0 aliphatic carbocycles. The Morgan fingerprint density at radius 3 is 2.93 bits per heavy atom. The number of ether oxygens (including phenoxy) is 1. The van der Waals surface area contributed by atoms with Gasteiger partial charge >= 0.3 is 5.97 Å². The Balaban J connectivity index is 2.68. The predicted octanol–water partition coefficient (Wildman–Crippen LogP) is 0.00540. The molecule has 1 aromatic rings. The van der Waals surface area contributed by atoms with Crippen molar-refractivity contribution in [3.8, 4) is 0 Å². The topological polar surface area (TPSA) is 85.4 Å². The molecule has 0 saturated carbocycles. The van der Waals surface area contributed by atoms with Crippen LogP contribution < -0.4 is 5.73 Å². The van der Waals surface area contributed by atoms with Gasteiger partial charge < -0.3 is 15.6 Å². The zero-order chi connectivity index (χ0) is 11.3. The number of hydrogen-bond donors (Lipinski definition) is 2. The number of carbonyl (C=O) groups is 1. The van der Waals surface area contributed by atoms with Crippen LogP contribution in [0.4, 0.5) is 0 Å². The molecule has 1 aromatic heterocycles. The van der Waals surface area contributed by atoms with Crippen LogP contribution in [0.25, 0.3) is 0 Å². The lowest BCUT2D eigenvalue weighted by Gasteiger charge is -2.16. The fourth-order valence-corrected chi connectivity index (χ4v) is 1.10. The van der Waals surface area contributed by atoms with Crippen molar-refractivity contribution in [2.24, 2.45) is 5.73 Å². The Kier molecular flexibility index (Phi) is 4.20. The third-order valence-electron chi connectivity index (χ3n) is 1.89. The van der Waals surface area contributed by atoms with Gasteiger partial charge in [0.05, 0.1) is 12.3 Å². The van der Waals surface area contributed by atoms with E-state index in [4.69, 9.17) is 10.5 Å². The molecule has 0 saturated heterocycles. The summed E-state index contributed by atoms with van der Waals surface area (Å²) in [5.41, 5.74) is 5.87. The van der Waals surface area contributed by atoms with Crippen molar-refractivity contribution in [2.45, 2.75) is 19.1 Å². The maximum Gasteiger partial charge on any atom is 0.326 e. The van der Waals surface area contributed by atoms with Crippen molar-refractivity contribution in [1.82, 2.24) is 4.98 Å². The van der Waals surface area contributed by atoms with E-state index in [9.17, 15) is 9.90 Å². The van der Waals surface area contributed by atoms with Crippen molar-refractivity contribution in [3.05, 3.63) is 30.1 Å². The lowest BCUT2D eigenvalue weighted by molar-refractivity contribution is -0.147. The van der Waals surface area contributed by atoms with Crippen LogP contribution >= 0.6 is 0 Å². The van der Waals surface area contributed by atoms with E-state index in [0.29, 0.717) is 5.69 Å². The molecule has 5 heteroatoms. The van der Waals surface area contributed by atoms with Gasteiger partial charge in [0.25, 0.3) is 0 Å². The van der Waals surface area contributed by atoms with Crippen LogP contribution in [0.1, 0.15) is 18.7 Å². The van der Waals surface area contributed by atoms with Crippen LogP contribution in [0.2, 0.25) is 0 Å². The Bertz CT molecular complexity index is 316. The molecular weight excluding hydrogens is 196 g/mol. The van der Waals surface area contributed by atoms with Crippen LogP contribution in [-0.4, -0.2) is 28.7 Å². The first-order chi connectivity index (χ1) is 7.16. The van der Waals surface area contributed by atoms with E-state index >= 15 is 0 Å². The third kappa shape index (κ3) is 3.00. The minimum atomic E-state index is -1.13. The summed E-state index contributed by atoms with van der Waals surface area (Å²) in [5, 5.41) is 9.70. The van der Waals surface area contributed by atoms with E-state index < -0.39 is 18.1 Å². The van der Waals surface area contributed by atoms with E-state index in [1.807, 2.05) is 0 Å². The van der Waals surface area contributed by atoms with Gasteiger partial charge in [0.2, 0.25) is 0 Å². The molecule has 3 N–H and O–H groups in total. The first-order valence-corrected chi connectivity index (χ1v) is 4.68.